The second-order valence-corrected chi connectivity index (χ2v) is 9.09. The Morgan fingerprint density at radius 1 is 1.19 bits per heavy atom. The molecule has 10 nitrogen and oxygen atoms in total. The predicted molar refractivity (Wildman–Crippen MR) is 137 cm³/mol. The van der Waals surface area contributed by atoms with Crippen LogP contribution >= 0.6 is 22.9 Å². The van der Waals surface area contributed by atoms with E-state index < -0.39 is 16.6 Å². The first-order valence-electron chi connectivity index (χ1n) is 10.8. The van der Waals surface area contributed by atoms with Crippen molar-refractivity contribution in [2.75, 3.05) is 11.9 Å². The van der Waals surface area contributed by atoms with Gasteiger partial charge in [0.1, 0.15) is 17.4 Å². The molecular weight excluding hydrogens is 523 g/mol. The molecule has 13 heteroatoms. The Kier molecular flexibility index (Phi) is 6.51. The number of hydrogen-bond acceptors (Lipinski definition) is 8. The molecule has 186 valence electrons. The van der Waals surface area contributed by atoms with E-state index in [0.717, 1.165) is 11.3 Å². The smallest absolute Gasteiger partial charge is 0.324 e. The van der Waals surface area contributed by atoms with Gasteiger partial charge in [-0.05, 0) is 55.5 Å². The zero-order valence-electron chi connectivity index (χ0n) is 19.0. The fourth-order valence-electron chi connectivity index (χ4n) is 3.57. The van der Waals surface area contributed by atoms with Crippen molar-refractivity contribution in [3.8, 4) is 22.8 Å². The summed E-state index contributed by atoms with van der Waals surface area (Å²) in [7, 11) is 0. The topological polar surface area (TPSA) is 125 Å². The van der Waals surface area contributed by atoms with Gasteiger partial charge in [0.05, 0.1) is 39.2 Å². The van der Waals surface area contributed by atoms with Crippen LogP contribution in [0.1, 0.15) is 16.6 Å². The quantitative estimate of drug-likeness (QED) is 0.202. The predicted octanol–water partition coefficient (Wildman–Crippen LogP) is 5.90. The Morgan fingerprint density at radius 2 is 1.97 bits per heavy atom. The number of nitrogens with zero attached hydrogens (tertiary/aromatic N) is 5. The third-order valence-electron chi connectivity index (χ3n) is 5.21. The molecule has 0 aliphatic carbocycles. The number of carbonyl (C=O) groups is 1. The number of benzene rings is 2. The molecule has 1 N–H and O–H groups in total. The van der Waals surface area contributed by atoms with Gasteiger partial charge >= 0.3 is 5.00 Å². The van der Waals surface area contributed by atoms with E-state index in [0.29, 0.717) is 39.7 Å². The molecule has 0 aliphatic rings. The van der Waals surface area contributed by atoms with E-state index in [1.165, 1.54) is 35.1 Å². The number of anilines is 1. The van der Waals surface area contributed by atoms with Crippen LogP contribution in [0.3, 0.4) is 0 Å². The monoisotopic (exact) mass is 538 g/mol. The Morgan fingerprint density at radius 3 is 2.68 bits per heavy atom. The number of ether oxygens (including phenoxy) is 1. The molecule has 0 aliphatic heterocycles. The van der Waals surface area contributed by atoms with Crippen LogP contribution in [-0.2, 0) is 0 Å². The minimum Gasteiger partial charge on any atom is -0.493 e. The summed E-state index contributed by atoms with van der Waals surface area (Å²) in [5.41, 5.74) is 1.39. The lowest BCUT2D eigenvalue weighted by Gasteiger charge is -2.12. The van der Waals surface area contributed by atoms with Crippen LogP contribution < -0.4 is 10.1 Å². The molecule has 0 saturated carbocycles. The number of hydrogen-bond donors (Lipinski definition) is 1. The van der Waals surface area contributed by atoms with Crippen LogP contribution in [0.15, 0.2) is 60.8 Å². The van der Waals surface area contributed by atoms with Gasteiger partial charge < -0.3 is 10.1 Å². The fraction of sp³-hybridized carbons (Fsp3) is 0.0833. The van der Waals surface area contributed by atoms with Crippen molar-refractivity contribution < 1.29 is 18.8 Å². The van der Waals surface area contributed by atoms with Crippen LogP contribution in [0, 0.1) is 15.9 Å². The van der Waals surface area contributed by atoms with Gasteiger partial charge in [0, 0.05) is 11.1 Å². The molecule has 1 amide bonds. The zero-order valence-corrected chi connectivity index (χ0v) is 20.6. The largest absolute Gasteiger partial charge is 0.493 e. The molecule has 3 heterocycles. The molecular formula is C24H16ClFN6O4S. The third kappa shape index (κ3) is 4.84. The number of thiophene rings is 1. The molecule has 2 aromatic carbocycles. The molecule has 0 radical (unpaired) electrons. The Labute approximate surface area is 217 Å². The average Bonchev–Trinajstić information content (AvgIpc) is 3.53. The lowest BCUT2D eigenvalue weighted by atomic mass is 10.2. The van der Waals surface area contributed by atoms with Crippen molar-refractivity contribution in [1.29, 1.82) is 0 Å². The number of nitrogens with one attached hydrogen (secondary N) is 1. The number of aromatic nitrogens is 4. The molecule has 0 saturated heterocycles. The maximum Gasteiger partial charge on any atom is 0.324 e. The van der Waals surface area contributed by atoms with Gasteiger partial charge in [-0.15, -0.1) is 0 Å². The molecule has 5 aromatic rings. The van der Waals surface area contributed by atoms with E-state index in [-0.39, 0.29) is 21.5 Å². The summed E-state index contributed by atoms with van der Waals surface area (Å²) in [5.74, 6) is -0.208. The second kappa shape index (κ2) is 9.91. The minimum atomic E-state index is -0.584. The summed E-state index contributed by atoms with van der Waals surface area (Å²) < 4.78 is 20.7. The van der Waals surface area contributed by atoms with E-state index in [2.05, 4.69) is 20.4 Å². The van der Waals surface area contributed by atoms with Crippen molar-refractivity contribution in [3.63, 3.8) is 0 Å². The minimum absolute atomic E-state index is 0.131. The van der Waals surface area contributed by atoms with Gasteiger partial charge in [-0.2, -0.15) is 5.10 Å². The number of halogens is 2. The molecule has 3 aromatic heterocycles. The lowest BCUT2D eigenvalue weighted by Crippen LogP contribution is -2.13. The van der Waals surface area contributed by atoms with E-state index in [1.54, 1.807) is 30.3 Å². The number of fused-ring (bicyclic) bond motifs is 1. The van der Waals surface area contributed by atoms with Crippen LogP contribution in [0.2, 0.25) is 5.02 Å². The van der Waals surface area contributed by atoms with E-state index in [9.17, 15) is 19.3 Å². The Bertz CT molecular complexity index is 1650. The number of nitro groups is 1. The van der Waals surface area contributed by atoms with Gasteiger partial charge in [-0.3, -0.25) is 14.9 Å². The van der Waals surface area contributed by atoms with Crippen LogP contribution in [0.25, 0.3) is 28.1 Å². The normalized spacial score (nSPS) is 11.0. The van der Waals surface area contributed by atoms with Gasteiger partial charge in [0.25, 0.3) is 5.91 Å². The van der Waals surface area contributed by atoms with Crippen LogP contribution in [0.4, 0.5) is 15.2 Å². The third-order valence-corrected chi connectivity index (χ3v) is 6.48. The first kappa shape index (κ1) is 24.3. The van der Waals surface area contributed by atoms with Crippen molar-refractivity contribution in [2.24, 2.45) is 0 Å². The zero-order chi connectivity index (χ0) is 26.1. The van der Waals surface area contributed by atoms with Gasteiger partial charge in [0.15, 0.2) is 11.5 Å². The first-order valence-corrected chi connectivity index (χ1v) is 12.0. The Balaban J connectivity index is 1.67. The molecule has 0 fully saturated rings. The molecule has 37 heavy (non-hydrogen) atoms. The molecule has 0 unspecified atom stereocenters. The SMILES string of the molecule is CCOc1cc(Cl)ccc1-c1nc(NC(=O)c2ccc([N+](=O)[O-])s2)c2cnn(-c3ccc(F)cc3)c2n1. The summed E-state index contributed by atoms with van der Waals surface area (Å²) in [6.07, 6.45) is 1.47. The lowest BCUT2D eigenvalue weighted by molar-refractivity contribution is -0.380. The highest BCUT2D eigenvalue weighted by Crippen LogP contribution is 2.34. The van der Waals surface area contributed by atoms with Crippen molar-refractivity contribution in [2.45, 2.75) is 6.92 Å². The van der Waals surface area contributed by atoms with Crippen LogP contribution in [0.5, 0.6) is 5.75 Å². The molecule has 5 rings (SSSR count). The maximum atomic E-state index is 13.5. The van der Waals surface area contributed by atoms with Gasteiger partial charge in [0.2, 0.25) is 0 Å². The number of amides is 1. The van der Waals surface area contributed by atoms with Gasteiger partial charge in [-0.25, -0.2) is 19.0 Å². The van der Waals surface area contributed by atoms with Gasteiger partial charge in [-0.1, -0.05) is 22.9 Å². The summed E-state index contributed by atoms with van der Waals surface area (Å²) in [6.45, 7) is 2.19. The first-order chi connectivity index (χ1) is 17.8. The Hall–Kier alpha value is -4.42. The highest BCUT2D eigenvalue weighted by Gasteiger charge is 2.21. The van der Waals surface area contributed by atoms with E-state index >= 15 is 0 Å². The average molecular weight is 539 g/mol. The summed E-state index contributed by atoms with van der Waals surface area (Å²) in [6, 6.07) is 13.3. The van der Waals surface area contributed by atoms with E-state index in [4.69, 9.17) is 16.3 Å². The van der Waals surface area contributed by atoms with E-state index in [1.807, 2.05) is 6.92 Å². The fourth-order valence-corrected chi connectivity index (χ4v) is 4.45. The number of carbonyl (C=O) groups excluding carboxylic acids is 1. The number of rotatable bonds is 7. The molecule has 0 atom stereocenters. The maximum absolute atomic E-state index is 13.5. The standard InChI is InChI=1S/C24H16ClFN6O4S/c1-2-36-18-11-13(25)3-8-16(18)21-28-22(30-24(33)19-9-10-20(37-19)32(34)35)17-12-27-31(23(17)29-21)15-6-4-14(26)5-7-15/h3-12H,2H2,1H3,(H,28,29,30,33). The second-order valence-electron chi connectivity index (χ2n) is 7.59. The highest BCUT2D eigenvalue weighted by atomic mass is 35.5. The van der Waals surface area contributed by atoms with Crippen molar-refractivity contribution in [3.05, 3.63) is 86.6 Å². The van der Waals surface area contributed by atoms with Crippen molar-refractivity contribution >= 4 is 50.7 Å². The van der Waals surface area contributed by atoms with Crippen LogP contribution in [-0.4, -0.2) is 37.2 Å². The summed E-state index contributed by atoms with van der Waals surface area (Å²) >= 11 is 6.90. The molecule has 0 bridgehead atoms. The summed E-state index contributed by atoms with van der Waals surface area (Å²) in [5, 5.41) is 18.8. The summed E-state index contributed by atoms with van der Waals surface area (Å²) in [4.78, 5) is 32.8. The molecule has 0 spiro atoms. The highest BCUT2D eigenvalue weighted by molar-refractivity contribution is 7.17. The van der Waals surface area contributed by atoms with Crippen molar-refractivity contribution in [1.82, 2.24) is 19.7 Å².